The van der Waals surface area contributed by atoms with Crippen molar-refractivity contribution in [3.63, 3.8) is 0 Å². The highest BCUT2D eigenvalue weighted by atomic mass is 19.1. The van der Waals surface area contributed by atoms with Gasteiger partial charge in [0.1, 0.15) is 17.2 Å². The Kier molecular flexibility index (Phi) is 5.83. The molecule has 31 heavy (non-hydrogen) atoms. The van der Waals surface area contributed by atoms with Crippen LogP contribution in [0.25, 0.3) is 11.3 Å². The first-order valence-corrected chi connectivity index (χ1v) is 9.62. The van der Waals surface area contributed by atoms with Crippen LogP contribution in [0.1, 0.15) is 44.4 Å². The fraction of sp³-hybridized carbons (Fsp3) is 0.261. The van der Waals surface area contributed by atoms with Crippen molar-refractivity contribution in [2.75, 3.05) is 4.90 Å². The summed E-state index contributed by atoms with van der Waals surface area (Å²) in [5.41, 5.74) is 0.587. The minimum atomic E-state index is -0.733. The minimum absolute atomic E-state index is 0.0850. The van der Waals surface area contributed by atoms with Crippen molar-refractivity contribution < 1.29 is 28.6 Å². The van der Waals surface area contributed by atoms with Crippen molar-refractivity contribution in [3.8, 4) is 0 Å². The third kappa shape index (κ3) is 4.74. The lowest BCUT2D eigenvalue weighted by molar-refractivity contribution is -0.122. The van der Waals surface area contributed by atoms with Gasteiger partial charge in [0, 0.05) is 24.6 Å². The zero-order chi connectivity index (χ0) is 22.9. The molecule has 0 aliphatic carbocycles. The monoisotopic (exact) mass is 426 g/mol. The van der Waals surface area contributed by atoms with Gasteiger partial charge < -0.3 is 15.2 Å². The number of halogens is 1. The minimum Gasteiger partial charge on any atom is -0.506 e. The number of carbonyl (C=O) groups is 3. The summed E-state index contributed by atoms with van der Waals surface area (Å²) in [6, 6.07) is 10.2. The molecule has 0 spiro atoms. The number of fused-ring (bicyclic) bond motifs is 1. The van der Waals surface area contributed by atoms with Crippen LogP contribution in [0.5, 0.6) is 0 Å². The van der Waals surface area contributed by atoms with E-state index >= 15 is 0 Å². The lowest BCUT2D eigenvalue weighted by Gasteiger charge is -2.19. The molecule has 0 radical (unpaired) electrons. The van der Waals surface area contributed by atoms with E-state index < -0.39 is 29.3 Å². The zero-order valence-corrected chi connectivity index (χ0v) is 17.7. The second-order valence-electron chi connectivity index (χ2n) is 8.10. The van der Waals surface area contributed by atoms with Crippen LogP contribution in [-0.4, -0.2) is 28.6 Å². The SMILES string of the molecule is CC(=O)N1C(=O)/C(=C(/O)c2cccc(CNC(=O)OC(C)(C)C)c2)c2ccc(F)cc21. The van der Waals surface area contributed by atoms with Gasteiger partial charge in [-0.1, -0.05) is 18.2 Å². The number of anilines is 1. The predicted octanol–water partition coefficient (Wildman–Crippen LogP) is 4.17. The highest BCUT2D eigenvalue weighted by molar-refractivity contribution is 6.42. The molecule has 1 aliphatic heterocycles. The van der Waals surface area contributed by atoms with Gasteiger partial charge in [-0.15, -0.1) is 0 Å². The molecular weight excluding hydrogens is 403 g/mol. The summed E-state index contributed by atoms with van der Waals surface area (Å²) in [7, 11) is 0. The number of ether oxygens (including phenoxy) is 1. The van der Waals surface area contributed by atoms with Crippen molar-refractivity contribution in [1.29, 1.82) is 0 Å². The number of aliphatic hydroxyl groups excluding tert-OH is 1. The van der Waals surface area contributed by atoms with Gasteiger partial charge >= 0.3 is 6.09 Å². The molecule has 0 aromatic heterocycles. The summed E-state index contributed by atoms with van der Waals surface area (Å²) in [5.74, 6) is -2.27. The fourth-order valence-electron chi connectivity index (χ4n) is 3.24. The average Bonchev–Trinajstić information content (AvgIpc) is 2.95. The molecule has 1 aliphatic rings. The number of alkyl carbamates (subject to hydrolysis) is 1. The normalized spacial score (nSPS) is 14.9. The molecule has 3 amide bonds. The third-order valence-electron chi connectivity index (χ3n) is 4.47. The summed E-state index contributed by atoms with van der Waals surface area (Å²) in [6.45, 7) is 6.59. The molecule has 0 saturated heterocycles. The molecule has 0 atom stereocenters. The van der Waals surface area contributed by atoms with Crippen LogP contribution in [0.4, 0.5) is 14.9 Å². The van der Waals surface area contributed by atoms with Crippen molar-refractivity contribution >= 4 is 34.9 Å². The van der Waals surface area contributed by atoms with Crippen LogP contribution in [0.3, 0.4) is 0 Å². The van der Waals surface area contributed by atoms with Crippen molar-refractivity contribution in [1.82, 2.24) is 5.32 Å². The summed E-state index contributed by atoms with van der Waals surface area (Å²) in [4.78, 5) is 37.5. The standard InChI is InChI=1S/C23H23FN2O5/c1-13(27)26-18-11-16(24)8-9-17(18)19(21(26)29)20(28)15-7-5-6-14(10-15)12-25-22(30)31-23(2,3)4/h5-11,28H,12H2,1-4H3,(H,25,30)/b20-19+. The maximum atomic E-state index is 13.7. The Morgan fingerprint density at radius 3 is 2.52 bits per heavy atom. The molecule has 162 valence electrons. The Labute approximate surface area is 179 Å². The molecule has 2 aromatic carbocycles. The van der Waals surface area contributed by atoms with E-state index in [1.165, 1.54) is 13.0 Å². The molecule has 0 unspecified atom stereocenters. The summed E-state index contributed by atoms with van der Waals surface area (Å²) >= 11 is 0. The number of nitrogens with zero attached hydrogens (tertiary/aromatic N) is 1. The second-order valence-corrected chi connectivity index (χ2v) is 8.10. The number of hydrogen-bond donors (Lipinski definition) is 2. The molecule has 1 heterocycles. The Balaban J connectivity index is 1.93. The van der Waals surface area contributed by atoms with E-state index in [1.54, 1.807) is 45.0 Å². The van der Waals surface area contributed by atoms with Crippen LogP contribution in [0.15, 0.2) is 42.5 Å². The van der Waals surface area contributed by atoms with Crippen LogP contribution < -0.4 is 10.2 Å². The van der Waals surface area contributed by atoms with E-state index in [4.69, 9.17) is 4.74 Å². The van der Waals surface area contributed by atoms with Gasteiger partial charge in [-0.25, -0.2) is 14.1 Å². The first kappa shape index (κ1) is 22.0. The summed E-state index contributed by atoms with van der Waals surface area (Å²) in [5, 5.41) is 13.5. The predicted molar refractivity (Wildman–Crippen MR) is 114 cm³/mol. The topological polar surface area (TPSA) is 95.9 Å². The Hall–Kier alpha value is -3.68. The van der Waals surface area contributed by atoms with E-state index in [9.17, 15) is 23.9 Å². The number of carbonyl (C=O) groups excluding carboxylic acids is 3. The second kappa shape index (κ2) is 8.22. The number of aliphatic hydroxyl groups is 1. The first-order valence-electron chi connectivity index (χ1n) is 9.62. The van der Waals surface area contributed by atoms with Gasteiger partial charge in [0.25, 0.3) is 5.91 Å². The smallest absolute Gasteiger partial charge is 0.407 e. The summed E-state index contributed by atoms with van der Waals surface area (Å²) < 4.78 is 18.9. The lowest BCUT2D eigenvalue weighted by Crippen LogP contribution is -2.32. The molecule has 7 nitrogen and oxygen atoms in total. The van der Waals surface area contributed by atoms with Crippen LogP contribution in [0, 0.1) is 5.82 Å². The van der Waals surface area contributed by atoms with E-state index in [0.717, 1.165) is 17.0 Å². The molecule has 0 saturated carbocycles. The zero-order valence-electron chi connectivity index (χ0n) is 17.7. The molecular formula is C23H23FN2O5. The summed E-state index contributed by atoms with van der Waals surface area (Å²) in [6.07, 6.45) is -0.584. The maximum Gasteiger partial charge on any atom is 0.407 e. The average molecular weight is 426 g/mol. The Bertz CT molecular complexity index is 1100. The molecule has 8 heteroatoms. The Morgan fingerprint density at radius 2 is 1.87 bits per heavy atom. The van der Waals surface area contributed by atoms with Gasteiger partial charge in [-0.05, 0) is 50.6 Å². The van der Waals surface area contributed by atoms with Gasteiger partial charge in [-0.3, -0.25) is 9.59 Å². The van der Waals surface area contributed by atoms with Crippen LogP contribution in [0.2, 0.25) is 0 Å². The van der Waals surface area contributed by atoms with Crippen LogP contribution in [-0.2, 0) is 20.9 Å². The van der Waals surface area contributed by atoms with Crippen molar-refractivity contribution in [2.45, 2.75) is 39.8 Å². The van der Waals surface area contributed by atoms with Gasteiger partial charge in [0.15, 0.2) is 0 Å². The molecule has 2 aromatic rings. The van der Waals surface area contributed by atoms with Gasteiger partial charge in [0.2, 0.25) is 5.91 Å². The molecule has 2 N–H and O–H groups in total. The highest BCUT2D eigenvalue weighted by Crippen LogP contribution is 2.40. The molecule has 0 bridgehead atoms. The Morgan fingerprint density at radius 1 is 1.16 bits per heavy atom. The highest BCUT2D eigenvalue weighted by Gasteiger charge is 2.38. The van der Waals surface area contributed by atoms with E-state index in [1.807, 2.05) is 0 Å². The van der Waals surface area contributed by atoms with Crippen molar-refractivity contribution in [2.24, 2.45) is 0 Å². The quantitative estimate of drug-likeness (QED) is 0.567. The maximum absolute atomic E-state index is 13.7. The first-order chi connectivity index (χ1) is 14.5. The van der Waals surface area contributed by atoms with Gasteiger partial charge in [0.05, 0.1) is 11.3 Å². The van der Waals surface area contributed by atoms with Gasteiger partial charge in [-0.2, -0.15) is 0 Å². The number of amides is 3. The fourth-order valence-corrected chi connectivity index (χ4v) is 3.24. The molecule has 0 fully saturated rings. The van der Waals surface area contributed by atoms with E-state index in [-0.39, 0.29) is 29.1 Å². The van der Waals surface area contributed by atoms with E-state index in [0.29, 0.717) is 11.1 Å². The van der Waals surface area contributed by atoms with Crippen molar-refractivity contribution in [3.05, 3.63) is 65.0 Å². The largest absolute Gasteiger partial charge is 0.506 e. The number of imide groups is 1. The lowest BCUT2D eigenvalue weighted by atomic mass is 10.0. The molecule has 3 rings (SSSR count). The number of benzene rings is 2. The number of rotatable bonds is 3. The van der Waals surface area contributed by atoms with Crippen LogP contribution >= 0.6 is 0 Å². The third-order valence-corrected chi connectivity index (χ3v) is 4.47. The van der Waals surface area contributed by atoms with E-state index in [2.05, 4.69) is 5.32 Å². The number of nitrogens with one attached hydrogen (secondary N) is 1. The number of hydrogen-bond acceptors (Lipinski definition) is 5.